The molecule has 0 amide bonds. The van der Waals surface area contributed by atoms with Gasteiger partial charge in [-0.3, -0.25) is 0 Å². The number of rotatable bonds is 7. The lowest BCUT2D eigenvalue weighted by Crippen LogP contribution is -2.08. The maximum atomic E-state index is 11.6. The predicted molar refractivity (Wildman–Crippen MR) is 90.8 cm³/mol. The Morgan fingerprint density at radius 3 is 2.81 bits per heavy atom. The molecule has 2 N–H and O–H groups in total. The van der Waals surface area contributed by atoms with E-state index >= 15 is 0 Å². The van der Waals surface area contributed by atoms with Crippen molar-refractivity contribution < 1.29 is 9.90 Å². The van der Waals surface area contributed by atoms with Gasteiger partial charge in [0.2, 0.25) is 0 Å². The Morgan fingerprint density at radius 1 is 1.33 bits per heavy atom. The minimum Gasteiger partial charge on any atom is -0.478 e. The SMILES string of the molecule is CCSc1cccc(NCc2sccc2CC)c1C(=O)O. The Balaban J connectivity index is 2.23. The number of hydrogen-bond donors (Lipinski definition) is 2. The molecule has 2 rings (SSSR count). The van der Waals surface area contributed by atoms with E-state index in [9.17, 15) is 9.90 Å². The number of carbonyl (C=O) groups is 1. The van der Waals surface area contributed by atoms with E-state index in [4.69, 9.17) is 0 Å². The monoisotopic (exact) mass is 321 g/mol. The summed E-state index contributed by atoms with van der Waals surface area (Å²) in [7, 11) is 0. The normalized spacial score (nSPS) is 10.6. The lowest BCUT2D eigenvalue weighted by atomic mass is 10.1. The van der Waals surface area contributed by atoms with Crippen LogP contribution in [-0.2, 0) is 13.0 Å². The zero-order valence-electron chi connectivity index (χ0n) is 12.2. The number of thioether (sulfide) groups is 1. The molecule has 21 heavy (non-hydrogen) atoms. The summed E-state index contributed by atoms with van der Waals surface area (Å²) in [4.78, 5) is 13.6. The topological polar surface area (TPSA) is 49.3 Å². The highest BCUT2D eigenvalue weighted by Crippen LogP contribution is 2.29. The number of nitrogens with one attached hydrogen (secondary N) is 1. The molecular formula is C16H19NO2S2. The van der Waals surface area contributed by atoms with Crippen molar-refractivity contribution in [2.45, 2.75) is 31.7 Å². The molecule has 5 heteroatoms. The first-order chi connectivity index (χ1) is 10.2. The first-order valence-corrected chi connectivity index (χ1v) is 8.82. The highest BCUT2D eigenvalue weighted by atomic mass is 32.2. The van der Waals surface area contributed by atoms with Gasteiger partial charge in [0, 0.05) is 16.3 Å². The second-order valence-electron chi connectivity index (χ2n) is 4.49. The van der Waals surface area contributed by atoms with E-state index in [0.717, 1.165) is 17.1 Å². The third-order valence-electron chi connectivity index (χ3n) is 3.20. The van der Waals surface area contributed by atoms with Crippen LogP contribution in [0.4, 0.5) is 5.69 Å². The molecule has 0 spiro atoms. The maximum absolute atomic E-state index is 11.6. The van der Waals surface area contributed by atoms with Crippen LogP contribution in [0.2, 0.25) is 0 Å². The van der Waals surface area contributed by atoms with Gasteiger partial charge in [-0.15, -0.1) is 23.1 Å². The van der Waals surface area contributed by atoms with Crippen molar-refractivity contribution >= 4 is 34.8 Å². The van der Waals surface area contributed by atoms with Crippen LogP contribution in [0.1, 0.15) is 34.6 Å². The van der Waals surface area contributed by atoms with E-state index in [0.29, 0.717) is 17.8 Å². The van der Waals surface area contributed by atoms with E-state index in [-0.39, 0.29) is 0 Å². The molecule has 1 aromatic carbocycles. The number of benzene rings is 1. The summed E-state index contributed by atoms with van der Waals surface area (Å²) in [5.41, 5.74) is 2.39. The Labute approximate surface area is 133 Å². The van der Waals surface area contributed by atoms with Gasteiger partial charge in [0.25, 0.3) is 0 Å². The highest BCUT2D eigenvalue weighted by Gasteiger charge is 2.15. The predicted octanol–water partition coefficient (Wildman–Crippen LogP) is 4.73. The summed E-state index contributed by atoms with van der Waals surface area (Å²) in [5.74, 6) is -0.0230. The fourth-order valence-electron chi connectivity index (χ4n) is 2.19. The smallest absolute Gasteiger partial charge is 0.338 e. The molecule has 0 bridgehead atoms. The van der Waals surface area contributed by atoms with Crippen molar-refractivity contribution in [3.8, 4) is 0 Å². The van der Waals surface area contributed by atoms with Gasteiger partial charge in [0.15, 0.2) is 0 Å². The zero-order chi connectivity index (χ0) is 15.2. The average molecular weight is 321 g/mol. The minimum absolute atomic E-state index is 0.374. The first kappa shape index (κ1) is 15.9. The second kappa shape index (κ2) is 7.52. The Morgan fingerprint density at radius 2 is 2.14 bits per heavy atom. The van der Waals surface area contributed by atoms with Crippen molar-refractivity contribution in [3.63, 3.8) is 0 Å². The molecule has 0 radical (unpaired) electrons. The van der Waals surface area contributed by atoms with E-state index in [1.165, 1.54) is 10.4 Å². The number of aromatic carboxylic acids is 1. The van der Waals surface area contributed by atoms with Gasteiger partial charge in [0.1, 0.15) is 0 Å². The summed E-state index contributed by atoms with van der Waals surface area (Å²) in [6.45, 7) is 4.82. The summed E-state index contributed by atoms with van der Waals surface area (Å²) in [5, 5.41) is 14.8. The van der Waals surface area contributed by atoms with Gasteiger partial charge in [0.05, 0.1) is 11.3 Å². The lowest BCUT2D eigenvalue weighted by Gasteiger charge is -2.13. The van der Waals surface area contributed by atoms with Crippen LogP contribution in [0.3, 0.4) is 0 Å². The van der Waals surface area contributed by atoms with Crippen LogP contribution in [0.5, 0.6) is 0 Å². The van der Waals surface area contributed by atoms with Crippen LogP contribution >= 0.6 is 23.1 Å². The number of aryl methyl sites for hydroxylation is 1. The largest absolute Gasteiger partial charge is 0.478 e. The molecule has 3 nitrogen and oxygen atoms in total. The molecule has 1 heterocycles. The first-order valence-electron chi connectivity index (χ1n) is 6.95. The molecule has 0 aliphatic heterocycles. The van der Waals surface area contributed by atoms with Crippen molar-refractivity contribution in [2.75, 3.05) is 11.1 Å². The van der Waals surface area contributed by atoms with Crippen molar-refractivity contribution in [3.05, 3.63) is 45.6 Å². The third-order valence-corrected chi connectivity index (χ3v) is 5.10. The highest BCUT2D eigenvalue weighted by molar-refractivity contribution is 7.99. The standard InChI is InChI=1S/C16H19NO2S2/c1-3-11-8-9-21-14(11)10-17-12-6-5-7-13(20-4-2)15(12)16(18)19/h5-9,17H,3-4,10H2,1-2H3,(H,18,19). The van der Waals surface area contributed by atoms with Crippen LogP contribution in [0, 0.1) is 0 Å². The van der Waals surface area contributed by atoms with Gasteiger partial charge < -0.3 is 10.4 Å². The van der Waals surface area contributed by atoms with E-state index in [1.807, 2.05) is 25.1 Å². The molecule has 2 aromatic rings. The quantitative estimate of drug-likeness (QED) is 0.724. The fraction of sp³-hybridized carbons (Fsp3) is 0.312. The molecule has 0 fully saturated rings. The molecule has 1 aromatic heterocycles. The van der Waals surface area contributed by atoms with E-state index in [1.54, 1.807) is 23.1 Å². The molecule has 112 valence electrons. The maximum Gasteiger partial charge on any atom is 0.338 e. The Kier molecular flexibility index (Phi) is 5.70. The summed E-state index contributed by atoms with van der Waals surface area (Å²) < 4.78 is 0. The Bertz CT molecular complexity index is 622. The minimum atomic E-state index is -0.879. The Hall–Kier alpha value is -1.46. The molecule has 0 atom stereocenters. The van der Waals surface area contributed by atoms with Crippen LogP contribution in [-0.4, -0.2) is 16.8 Å². The van der Waals surface area contributed by atoms with Gasteiger partial charge in [-0.25, -0.2) is 4.79 Å². The van der Waals surface area contributed by atoms with Gasteiger partial charge in [-0.2, -0.15) is 0 Å². The fourth-order valence-corrected chi connectivity index (χ4v) is 3.93. The van der Waals surface area contributed by atoms with Crippen LogP contribution in [0.25, 0.3) is 0 Å². The van der Waals surface area contributed by atoms with E-state index < -0.39 is 5.97 Å². The molecular weight excluding hydrogens is 302 g/mol. The van der Waals surface area contributed by atoms with Crippen LogP contribution < -0.4 is 5.32 Å². The number of carboxylic acids is 1. The zero-order valence-corrected chi connectivity index (χ0v) is 13.8. The number of thiophene rings is 1. The molecule has 0 aliphatic rings. The van der Waals surface area contributed by atoms with Crippen molar-refractivity contribution in [2.24, 2.45) is 0 Å². The second-order valence-corrected chi connectivity index (χ2v) is 6.80. The van der Waals surface area contributed by atoms with Crippen molar-refractivity contribution in [1.29, 1.82) is 0 Å². The van der Waals surface area contributed by atoms with Gasteiger partial charge in [-0.05, 0) is 41.3 Å². The summed E-state index contributed by atoms with van der Waals surface area (Å²) in [6.07, 6.45) is 0.998. The summed E-state index contributed by atoms with van der Waals surface area (Å²) in [6, 6.07) is 7.73. The molecule has 0 saturated heterocycles. The molecule has 0 aliphatic carbocycles. The summed E-state index contributed by atoms with van der Waals surface area (Å²) >= 11 is 3.26. The number of anilines is 1. The van der Waals surface area contributed by atoms with Crippen molar-refractivity contribution in [1.82, 2.24) is 0 Å². The molecule has 0 unspecified atom stereocenters. The molecule has 0 saturated carbocycles. The number of hydrogen-bond acceptors (Lipinski definition) is 4. The van der Waals surface area contributed by atoms with Gasteiger partial charge >= 0.3 is 5.97 Å². The third kappa shape index (κ3) is 3.80. The average Bonchev–Trinajstić information content (AvgIpc) is 2.92. The van der Waals surface area contributed by atoms with Crippen LogP contribution in [0.15, 0.2) is 34.5 Å². The lowest BCUT2D eigenvalue weighted by molar-refractivity contribution is 0.0694. The van der Waals surface area contributed by atoms with Gasteiger partial charge in [-0.1, -0.05) is 19.9 Å². The van der Waals surface area contributed by atoms with E-state index in [2.05, 4.69) is 23.7 Å². The number of carboxylic acid groups (broad SMARTS) is 1.